The number of azo groups is 1. The standard InChI is InChI=1S/C19H17N3O8S2/c1-10-5-3-4-6-14(10)21-22-18-16(31-30-29-25)8-12-7-13(32(26,27)28)9-15(20-11(2)23)17(12)19(18)24/h3-9,24-25H,1-2H3,(H,20,23)(H,26,27,28). The molecule has 0 unspecified atom stereocenters. The van der Waals surface area contributed by atoms with Crippen molar-refractivity contribution in [1.29, 1.82) is 0 Å². The molecule has 0 aliphatic heterocycles. The van der Waals surface area contributed by atoms with Crippen LogP contribution in [0.3, 0.4) is 0 Å². The molecule has 32 heavy (non-hydrogen) atoms. The molecule has 0 fully saturated rings. The van der Waals surface area contributed by atoms with Gasteiger partial charge in [-0.15, -0.1) is 9.45 Å². The minimum Gasteiger partial charge on any atom is -0.505 e. The number of hydrogen-bond donors (Lipinski definition) is 4. The molecule has 3 rings (SSSR count). The summed E-state index contributed by atoms with van der Waals surface area (Å²) >= 11 is 0.463. The van der Waals surface area contributed by atoms with Crippen LogP contribution in [0.1, 0.15) is 12.5 Å². The zero-order chi connectivity index (χ0) is 23.5. The Kier molecular flexibility index (Phi) is 7.08. The van der Waals surface area contributed by atoms with Gasteiger partial charge in [0.05, 0.1) is 33.2 Å². The van der Waals surface area contributed by atoms with Crippen LogP contribution in [0.2, 0.25) is 0 Å². The average Bonchev–Trinajstić information content (AvgIpc) is 2.71. The number of hydrogen-bond acceptors (Lipinski definition) is 10. The Hall–Kier alpha value is -3.07. The predicted octanol–water partition coefficient (Wildman–Crippen LogP) is 4.90. The van der Waals surface area contributed by atoms with Crippen molar-refractivity contribution in [2.45, 2.75) is 23.6 Å². The fraction of sp³-hybridized carbons (Fsp3) is 0.105. The highest BCUT2D eigenvalue weighted by Gasteiger charge is 2.21. The SMILES string of the molecule is CC(=O)Nc1cc(S(=O)(=O)O)cc2cc(SOOO)c(N=Nc3ccccc3C)c(O)c12. The fourth-order valence-corrected chi connectivity index (χ4v) is 3.93. The number of phenolic OH excluding ortho intramolecular Hbond substituents is 1. The van der Waals surface area contributed by atoms with E-state index in [4.69, 9.17) is 5.26 Å². The highest BCUT2D eigenvalue weighted by Crippen LogP contribution is 2.47. The maximum Gasteiger partial charge on any atom is 0.294 e. The lowest BCUT2D eigenvalue weighted by Gasteiger charge is -2.14. The van der Waals surface area contributed by atoms with Crippen LogP contribution in [0.4, 0.5) is 17.1 Å². The maximum atomic E-state index is 11.7. The van der Waals surface area contributed by atoms with Crippen molar-refractivity contribution in [2.75, 3.05) is 5.32 Å². The Morgan fingerprint density at radius 2 is 1.88 bits per heavy atom. The molecule has 168 valence electrons. The number of aromatic hydroxyl groups is 1. The first-order chi connectivity index (χ1) is 15.1. The lowest BCUT2D eigenvalue weighted by Crippen LogP contribution is -2.08. The van der Waals surface area contributed by atoms with Crippen LogP contribution in [-0.2, 0) is 24.3 Å². The molecule has 4 N–H and O–H groups in total. The number of anilines is 1. The third kappa shape index (κ3) is 5.21. The summed E-state index contributed by atoms with van der Waals surface area (Å²) in [5, 5.41) is 33.9. The first-order valence-corrected chi connectivity index (χ1v) is 11.0. The normalized spacial score (nSPS) is 11.9. The molecule has 0 atom stereocenters. The van der Waals surface area contributed by atoms with E-state index in [0.717, 1.165) is 17.7 Å². The minimum atomic E-state index is -4.63. The number of fused-ring (bicyclic) bond motifs is 1. The number of nitrogens with zero attached hydrogens (tertiary/aromatic N) is 2. The molecule has 0 spiro atoms. The minimum absolute atomic E-state index is 0.0422. The molecule has 13 heteroatoms. The third-order valence-corrected chi connectivity index (χ3v) is 5.71. The van der Waals surface area contributed by atoms with Gasteiger partial charge in [0, 0.05) is 12.3 Å². The largest absolute Gasteiger partial charge is 0.505 e. The zero-order valence-corrected chi connectivity index (χ0v) is 18.3. The number of benzene rings is 3. The molecule has 3 aromatic carbocycles. The molecule has 0 radical (unpaired) electrons. The number of nitrogens with one attached hydrogen (secondary N) is 1. The van der Waals surface area contributed by atoms with Crippen molar-refractivity contribution in [3.05, 3.63) is 48.0 Å². The van der Waals surface area contributed by atoms with Gasteiger partial charge in [0.15, 0.2) is 5.75 Å². The van der Waals surface area contributed by atoms with Gasteiger partial charge in [-0.2, -0.15) is 13.5 Å². The lowest BCUT2D eigenvalue weighted by atomic mass is 10.1. The monoisotopic (exact) mass is 479 g/mol. The Morgan fingerprint density at radius 1 is 1.16 bits per heavy atom. The number of carbonyl (C=O) groups is 1. The lowest BCUT2D eigenvalue weighted by molar-refractivity contribution is -0.432. The summed E-state index contributed by atoms with van der Waals surface area (Å²) < 4.78 is 37.3. The second kappa shape index (κ2) is 9.60. The van der Waals surface area contributed by atoms with E-state index in [-0.39, 0.29) is 27.0 Å². The number of amides is 1. The molecule has 0 heterocycles. The molecule has 0 saturated carbocycles. The summed E-state index contributed by atoms with van der Waals surface area (Å²) in [5.74, 6) is -1.01. The summed E-state index contributed by atoms with van der Waals surface area (Å²) in [7, 11) is -4.63. The van der Waals surface area contributed by atoms with Crippen molar-refractivity contribution < 1.29 is 37.5 Å². The Bertz CT molecular complexity index is 1330. The van der Waals surface area contributed by atoms with Crippen molar-refractivity contribution in [3.63, 3.8) is 0 Å². The van der Waals surface area contributed by atoms with Crippen molar-refractivity contribution in [1.82, 2.24) is 0 Å². The van der Waals surface area contributed by atoms with Gasteiger partial charge in [-0.3, -0.25) is 9.35 Å². The molecular weight excluding hydrogens is 462 g/mol. The molecule has 0 aliphatic carbocycles. The van der Waals surface area contributed by atoms with Crippen LogP contribution < -0.4 is 5.32 Å². The number of phenols is 1. The molecule has 1 amide bonds. The summed E-state index contributed by atoms with van der Waals surface area (Å²) in [4.78, 5) is 11.2. The van der Waals surface area contributed by atoms with Gasteiger partial charge in [0.2, 0.25) is 5.91 Å². The maximum absolute atomic E-state index is 11.7. The van der Waals surface area contributed by atoms with Gasteiger partial charge >= 0.3 is 0 Å². The quantitative estimate of drug-likeness (QED) is 0.121. The molecule has 0 aromatic heterocycles. The molecule has 3 aromatic rings. The summed E-state index contributed by atoms with van der Waals surface area (Å²) in [6.07, 6.45) is 0. The predicted molar refractivity (Wildman–Crippen MR) is 116 cm³/mol. The summed E-state index contributed by atoms with van der Waals surface area (Å²) in [6.45, 7) is 3.01. The van der Waals surface area contributed by atoms with Crippen molar-refractivity contribution in [2.24, 2.45) is 10.2 Å². The van der Waals surface area contributed by atoms with E-state index in [9.17, 15) is 22.9 Å². The van der Waals surface area contributed by atoms with Gasteiger partial charge < -0.3 is 10.4 Å². The first kappa shape index (κ1) is 23.6. The van der Waals surface area contributed by atoms with E-state index >= 15 is 0 Å². The summed E-state index contributed by atoms with van der Waals surface area (Å²) in [5.41, 5.74) is 1.15. The van der Waals surface area contributed by atoms with Gasteiger partial charge in [0.1, 0.15) is 5.69 Å². The van der Waals surface area contributed by atoms with E-state index in [2.05, 4.69) is 24.9 Å². The van der Waals surface area contributed by atoms with Crippen LogP contribution in [0, 0.1) is 6.92 Å². The Morgan fingerprint density at radius 3 is 2.50 bits per heavy atom. The van der Waals surface area contributed by atoms with Crippen molar-refractivity contribution >= 4 is 55.9 Å². The molecule has 0 bridgehead atoms. The average molecular weight is 479 g/mol. The third-order valence-electron chi connectivity index (χ3n) is 4.26. The highest BCUT2D eigenvalue weighted by atomic mass is 32.2. The van der Waals surface area contributed by atoms with E-state index in [1.165, 1.54) is 13.0 Å². The Labute approximate surface area is 186 Å². The molecule has 0 aliphatic rings. The first-order valence-electron chi connectivity index (χ1n) is 8.82. The summed E-state index contributed by atoms with van der Waals surface area (Å²) in [6, 6.07) is 10.5. The van der Waals surface area contributed by atoms with Crippen LogP contribution in [0.25, 0.3) is 10.8 Å². The van der Waals surface area contributed by atoms with Gasteiger partial charge in [-0.05, 0) is 42.1 Å². The molecule has 11 nitrogen and oxygen atoms in total. The van der Waals surface area contributed by atoms with Crippen molar-refractivity contribution in [3.8, 4) is 5.75 Å². The van der Waals surface area contributed by atoms with Crippen LogP contribution in [0.5, 0.6) is 5.75 Å². The number of rotatable bonds is 7. The van der Waals surface area contributed by atoms with Gasteiger partial charge in [0.25, 0.3) is 10.1 Å². The molecular formula is C19H17N3O8S2. The van der Waals surface area contributed by atoms with Crippen LogP contribution in [0.15, 0.2) is 62.5 Å². The highest BCUT2D eigenvalue weighted by molar-refractivity contribution is 7.94. The second-order valence-corrected chi connectivity index (χ2v) is 8.67. The van der Waals surface area contributed by atoms with E-state index in [0.29, 0.717) is 17.7 Å². The fourth-order valence-electron chi connectivity index (χ4n) is 2.89. The van der Waals surface area contributed by atoms with E-state index in [1.54, 1.807) is 12.1 Å². The topological polar surface area (TPSA) is 167 Å². The smallest absolute Gasteiger partial charge is 0.294 e. The Balaban J connectivity index is 2.31. The van der Waals surface area contributed by atoms with Gasteiger partial charge in [-0.1, -0.05) is 23.2 Å². The van der Waals surface area contributed by atoms with E-state index in [1.807, 2.05) is 19.1 Å². The van der Waals surface area contributed by atoms with Gasteiger partial charge in [-0.25, -0.2) is 5.26 Å². The molecule has 0 saturated heterocycles. The van der Waals surface area contributed by atoms with Crippen LogP contribution in [-0.4, -0.2) is 29.2 Å². The number of aryl methyl sites for hydroxylation is 1. The van der Waals surface area contributed by atoms with E-state index < -0.39 is 26.7 Å². The second-order valence-electron chi connectivity index (χ2n) is 6.51. The number of carbonyl (C=O) groups excluding carboxylic acids is 1. The van der Waals surface area contributed by atoms with Crippen LogP contribution >= 0.6 is 12.0 Å². The zero-order valence-electron chi connectivity index (χ0n) is 16.6.